The third-order valence-electron chi connectivity index (χ3n) is 6.02. The highest BCUT2D eigenvalue weighted by Crippen LogP contribution is 2.37. The minimum Gasteiger partial charge on any atom is -0.391 e. The lowest BCUT2D eigenvalue weighted by Gasteiger charge is -2.35. The monoisotopic (exact) mass is 405 g/mol. The molecular weight excluding hydrogens is 380 g/mol. The summed E-state index contributed by atoms with van der Waals surface area (Å²) in [6.45, 7) is 3.38. The van der Waals surface area contributed by atoms with Crippen molar-refractivity contribution in [2.24, 2.45) is 11.8 Å². The third-order valence-corrected chi connectivity index (χ3v) is 6.02. The van der Waals surface area contributed by atoms with Crippen LogP contribution in [0, 0.1) is 30.4 Å². The molecule has 2 heterocycles. The summed E-state index contributed by atoms with van der Waals surface area (Å²) in [7, 11) is 0. The lowest BCUT2D eigenvalue weighted by Crippen LogP contribution is -2.49. The van der Waals surface area contributed by atoms with E-state index >= 15 is 0 Å². The van der Waals surface area contributed by atoms with Gasteiger partial charge in [-0.3, -0.25) is 9.69 Å². The molecule has 2 fully saturated rings. The van der Waals surface area contributed by atoms with Crippen LogP contribution in [0.15, 0.2) is 28.8 Å². The maximum atomic E-state index is 14.0. The fourth-order valence-electron chi connectivity index (χ4n) is 4.63. The summed E-state index contributed by atoms with van der Waals surface area (Å²) in [5.74, 6) is -0.273. The van der Waals surface area contributed by atoms with Crippen LogP contribution in [0.5, 0.6) is 0 Å². The van der Waals surface area contributed by atoms with Gasteiger partial charge in [0.05, 0.1) is 24.3 Å². The van der Waals surface area contributed by atoms with E-state index in [9.17, 15) is 18.7 Å². The first kappa shape index (κ1) is 20.0. The molecule has 4 atom stereocenters. The van der Waals surface area contributed by atoms with Gasteiger partial charge in [0.15, 0.2) is 0 Å². The largest absolute Gasteiger partial charge is 0.391 e. The van der Waals surface area contributed by atoms with Crippen LogP contribution >= 0.6 is 0 Å². The van der Waals surface area contributed by atoms with Crippen molar-refractivity contribution < 1.29 is 23.2 Å². The molecule has 2 aliphatic rings. The predicted molar refractivity (Wildman–Crippen MR) is 101 cm³/mol. The molecule has 1 aromatic heterocycles. The summed E-state index contributed by atoms with van der Waals surface area (Å²) in [6, 6.07) is 5.28. The van der Waals surface area contributed by atoms with E-state index in [1.54, 1.807) is 13.0 Å². The Balaban J connectivity index is 1.34. The van der Waals surface area contributed by atoms with Gasteiger partial charge in [-0.15, -0.1) is 0 Å². The van der Waals surface area contributed by atoms with Gasteiger partial charge in [0.2, 0.25) is 5.91 Å². The van der Waals surface area contributed by atoms with Crippen molar-refractivity contribution in [1.29, 1.82) is 0 Å². The highest BCUT2D eigenvalue weighted by atomic mass is 19.1. The number of carbonyl (C=O) groups is 1. The predicted octanol–water partition coefficient (Wildman–Crippen LogP) is 2.19. The molecule has 2 N–H and O–H groups in total. The van der Waals surface area contributed by atoms with Crippen LogP contribution < -0.4 is 5.32 Å². The first-order valence-electron chi connectivity index (χ1n) is 9.94. The zero-order valence-corrected chi connectivity index (χ0v) is 16.3. The number of hydrogen-bond acceptors (Lipinski definition) is 5. The highest BCUT2D eigenvalue weighted by molar-refractivity contribution is 5.78. The molecule has 1 aromatic carbocycles. The number of likely N-dealkylation sites (tertiary alicyclic amines) is 1. The molecule has 0 unspecified atom stereocenters. The number of hydrogen-bond donors (Lipinski definition) is 2. The lowest BCUT2D eigenvalue weighted by molar-refractivity contribution is -0.123. The van der Waals surface area contributed by atoms with Crippen LogP contribution in [0.4, 0.5) is 8.78 Å². The molecule has 1 aliphatic carbocycles. The van der Waals surface area contributed by atoms with Crippen molar-refractivity contribution in [2.75, 3.05) is 13.1 Å². The fraction of sp³-hybridized carbons (Fsp3) is 0.524. The number of carbonyl (C=O) groups excluding carboxylic acids is 1. The number of aliphatic hydroxyl groups is 1. The number of fused-ring (bicyclic) bond motifs is 1. The average molecular weight is 405 g/mol. The number of rotatable bonds is 5. The smallest absolute Gasteiger partial charge is 0.228 e. The molecule has 29 heavy (non-hydrogen) atoms. The Kier molecular flexibility index (Phi) is 5.65. The Morgan fingerprint density at radius 2 is 1.97 bits per heavy atom. The van der Waals surface area contributed by atoms with Crippen molar-refractivity contribution in [3.8, 4) is 0 Å². The van der Waals surface area contributed by atoms with Gasteiger partial charge in [0, 0.05) is 31.3 Å². The first-order chi connectivity index (χ1) is 13.9. The summed E-state index contributed by atoms with van der Waals surface area (Å²) in [5.41, 5.74) is 0.796. The van der Waals surface area contributed by atoms with Gasteiger partial charge in [0.25, 0.3) is 0 Å². The van der Waals surface area contributed by atoms with Gasteiger partial charge in [-0.2, -0.15) is 0 Å². The number of aryl methyl sites for hydroxylation is 1. The van der Waals surface area contributed by atoms with E-state index in [1.807, 2.05) is 4.90 Å². The summed E-state index contributed by atoms with van der Waals surface area (Å²) in [6.07, 6.45) is 0.648. The molecule has 1 amide bonds. The molecule has 0 spiro atoms. The van der Waals surface area contributed by atoms with Crippen LogP contribution in [0.3, 0.4) is 0 Å². The van der Waals surface area contributed by atoms with Crippen LogP contribution in [-0.2, 0) is 17.8 Å². The Hall–Kier alpha value is -2.32. The van der Waals surface area contributed by atoms with E-state index in [0.717, 1.165) is 0 Å². The lowest BCUT2D eigenvalue weighted by atomic mass is 9.77. The van der Waals surface area contributed by atoms with Crippen LogP contribution in [0.25, 0.3) is 0 Å². The number of halogens is 2. The van der Waals surface area contributed by atoms with E-state index < -0.39 is 17.7 Å². The second-order valence-electron chi connectivity index (χ2n) is 8.24. The zero-order valence-electron chi connectivity index (χ0n) is 16.3. The Labute approximate surface area is 167 Å². The summed E-state index contributed by atoms with van der Waals surface area (Å²) < 4.78 is 33.0. The fourth-order valence-corrected chi connectivity index (χ4v) is 4.63. The second kappa shape index (κ2) is 8.20. The van der Waals surface area contributed by atoms with Crippen molar-refractivity contribution in [2.45, 2.75) is 44.9 Å². The van der Waals surface area contributed by atoms with E-state index in [4.69, 9.17) is 4.52 Å². The molecule has 0 bridgehead atoms. The van der Waals surface area contributed by atoms with E-state index in [2.05, 4.69) is 10.5 Å². The normalized spacial score (nSPS) is 27.0. The topological polar surface area (TPSA) is 78.6 Å². The van der Waals surface area contributed by atoms with Gasteiger partial charge in [-0.1, -0.05) is 11.2 Å². The molecule has 4 rings (SSSR count). The van der Waals surface area contributed by atoms with Gasteiger partial charge in [0.1, 0.15) is 17.4 Å². The summed E-state index contributed by atoms with van der Waals surface area (Å²) in [4.78, 5) is 14.3. The number of amides is 1. The molecule has 2 aromatic rings. The van der Waals surface area contributed by atoms with Crippen molar-refractivity contribution in [3.05, 3.63) is 52.9 Å². The van der Waals surface area contributed by atoms with Crippen molar-refractivity contribution in [3.63, 3.8) is 0 Å². The Morgan fingerprint density at radius 1 is 1.28 bits per heavy atom. The standard InChI is InChI=1S/C21H25F2N3O3/c1-12-5-15(29-25-12)8-21(28)24-19-6-13-9-26(10-14(13)7-20(19)27)11-16-17(22)3-2-4-18(16)23/h2-5,13-14,19-20,27H,6-11H2,1H3,(H,24,28)/t13-,14+,19-,20-/m0/s1. The summed E-state index contributed by atoms with van der Waals surface area (Å²) in [5, 5.41) is 17.2. The van der Waals surface area contributed by atoms with Crippen molar-refractivity contribution in [1.82, 2.24) is 15.4 Å². The first-order valence-corrected chi connectivity index (χ1v) is 9.94. The Bertz CT molecular complexity index is 868. The summed E-state index contributed by atoms with van der Waals surface area (Å²) >= 11 is 0. The number of nitrogens with zero attached hydrogens (tertiary/aromatic N) is 2. The highest BCUT2D eigenvalue weighted by Gasteiger charge is 2.42. The van der Waals surface area contributed by atoms with Crippen LogP contribution in [-0.4, -0.2) is 46.3 Å². The minimum atomic E-state index is -0.637. The number of benzene rings is 1. The van der Waals surface area contributed by atoms with E-state index in [0.29, 0.717) is 37.4 Å². The number of aliphatic hydroxyl groups excluding tert-OH is 1. The van der Waals surface area contributed by atoms with Crippen LogP contribution in [0.2, 0.25) is 0 Å². The third kappa shape index (κ3) is 4.48. The molecule has 1 aliphatic heterocycles. The number of nitrogens with one attached hydrogen (secondary N) is 1. The average Bonchev–Trinajstić information content (AvgIpc) is 3.23. The zero-order chi connectivity index (χ0) is 20.5. The minimum absolute atomic E-state index is 0.0802. The van der Waals surface area contributed by atoms with Gasteiger partial charge >= 0.3 is 0 Å². The van der Waals surface area contributed by atoms with Crippen LogP contribution in [0.1, 0.15) is 29.9 Å². The SMILES string of the molecule is Cc1cc(CC(=O)N[C@H]2C[C@H]3CN(Cc4c(F)cccc4F)C[C@H]3C[C@@H]2O)on1. The molecule has 8 heteroatoms. The molecule has 1 saturated carbocycles. The molecule has 0 radical (unpaired) electrons. The molecule has 1 saturated heterocycles. The Morgan fingerprint density at radius 3 is 2.62 bits per heavy atom. The maximum absolute atomic E-state index is 14.0. The molecular formula is C21H25F2N3O3. The maximum Gasteiger partial charge on any atom is 0.228 e. The van der Waals surface area contributed by atoms with E-state index in [-0.39, 0.29) is 42.3 Å². The molecule has 6 nitrogen and oxygen atoms in total. The van der Waals surface area contributed by atoms with Gasteiger partial charge in [-0.05, 0) is 43.7 Å². The number of aromatic nitrogens is 1. The van der Waals surface area contributed by atoms with Gasteiger partial charge in [-0.25, -0.2) is 8.78 Å². The van der Waals surface area contributed by atoms with E-state index in [1.165, 1.54) is 18.2 Å². The van der Waals surface area contributed by atoms with Gasteiger partial charge < -0.3 is 14.9 Å². The molecule has 156 valence electrons. The van der Waals surface area contributed by atoms with Crippen molar-refractivity contribution >= 4 is 5.91 Å². The second-order valence-corrected chi connectivity index (χ2v) is 8.24. The quantitative estimate of drug-likeness (QED) is 0.797.